The Labute approximate surface area is 129 Å². The van der Waals surface area contributed by atoms with E-state index in [9.17, 15) is 8.42 Å². The molecule has 0 amide bonds. The number of halogens is 1. The quantitative estimate of drug-likeness (QED) is 0.918. The number of rotatable bonds is 3. The van der Waals surface area contributed by atoms with Crippen LogP contribution in [0.4, 0.5) is 5.69 Å². The molecular weight excluding hydrogens is 316 g/mol. The number of benzene rings is 1. The molecule has 1 aliphatic heterocycles. The molecule has 0 spiro atoms. The minimum absolute atomic E-state index is 0.0934. The molecule has 0 aliphatic carbocycles. The highest BCUT2D eigenvalue weighted by Gasteiger charge is 2.32. The number of hydrogen-bond acceptors (Lipinski definition) is 5. The lowest BCUT2D eigenvalue weighted by Crippen LogP contribution is -2.47. The van der Waals surface area contributed by atoms with Crippen LogP contribution in [0.2, 0.25) is 5.02 Å². The van der Waals surface area contributed by atoms with Gasteiger partial charge in [0.1, 0.15) is 5.37 Å². The van der Waals surface area contributed by atoms with E-state index in [1.807, 2.05) is 30.0 Å². The van der Waals surface area contributed by atoms with E-state index in [0.717, 1.165) is 17.0 Å². The van der Waals surface area contributed by atoms with Crippen molar-refractivity contribution < 1.29 is 8.42 Å². The molecule has 2 N–H and O–H groups in total. The van der Waals surface area contributed by atoms with Crippen LogP contribution in [0.15, 0.2) is 18.2 Å². The molecule has 0 aromatic heterocycles. The molecule has 0 radical (unpaired) electrons. The van der Waals surface area contributed by atoms with E-state index < -0.39 is 15.2 Å². The molecule has 20 heavy (non-hydrogen) atoms. The van der Waals surface area contributed by atoms with E-state index in [2.05, 4.69) is 0 Å². The summed E-state index contributed by atoms with van der Waals surface area (Å²) in [7, 11) is -3.14. The van der Waals surface area contributed by atoms with Crippen molar-refractivity contribution in [2.24, 2.45) is 5.73 Å². The van der Waals surface area contributed by atoms with Crippen LogP contribution in [0, 0.1) is 0 Å². The average Bonchev–Trinajstić information content (AvgIpc) is 2.37. The van der Waals surface area contributed by atoms with Gasteiger partial charge in [-0.25, -0.2) is 8.42 Å². The first kappa shape index (κ1) is 15.9. The van der Waals surface area contributed by atoms with Crippen molar-refractivity contribution in [3.05, 3.63) is 28.8 Å². The second-order valence-corrected chi connectivity index (χ2v) is 8.81. The summed E-state index contributed by atoms with van der Waals surface area (Å²) in [5.74, 6) is 1.47. The first-order chi connectivity index (χ1) is 9.30. The Kier molecular flexibility index (Phi) is 4.89. The van der Waals surface area contributed by atoms with Gasteiger partial charge in [0.25, 0.3) is 0 Å². The minimum atomic E-state index is -3.14. The van der Waals surface area contributed by atoms with Crippen LogP contribution in [0.1, 0.15) is 18.5 Å². The third-order valence-corrected chi connectivity index (χ3v) is 6.33. The fourth-order valence-corrected chi connectivity index (χ4v) is 5.38. The van der Waals surface area contributed by atoms with Gasteiger partial charge in [-0.1, -0.05) is 17.7 Å². The van der Waals surface area contributed by atoms with Crippen molar-refractivity contribution >= 4 is 38.9 Å². The molecule has 1 unspecified atom stereocenters. The molecule has 0 bridgehead atoms. The maximum Gasteiger partial charge on any atom is 0.169 e. The van der Waals surface area contributed by atoms with Crippen molar-refractivity contribution in [2.75, 3.05) is 29.2 Å². The summed E-state index contributed by atoms with van der Waals surface area (Å²) in [6, 6.07) is 5.51. The molecule has 0 saturated carbocycles. The number of anilines is 1. The van der Waals surface area contributed by atoms with Crippen molar-refractivity contribution in [2.45, 2.75) is 18.3 Å². The van der Waals surface area contributed by atoms with Crippen LogP contribution in [-0.2, 0) is 9.84 Å². The average molecular weight is 335 g/mol. The van der Waals surface area contributed by atoms with Crippen LogP contribution in [0.5, 0.6) is 0 Å². The number of sulfone groups is 1. The van der Waals surface area contributed by atoms with E-state index in [1.54, 1.807) is 11.8 Å². The van der Waals surface area contributed by atoms with E-state index in [-0.39, 0.29) is 6.04 Å². The van der Waals surface area contributed by atoms with Gasteiger partial charge in [0, 0.05) is 30.3 Å². The summed E-state index contributed by atoms with van der Waals surface area (Å²) in [4.78, 5) is 1.89. The maximum atomic E-state index is 11.9. The van der Waals surface area contributed by atoms with Crippen molar-refractivity contribution in [1.82, 2.24) is 0 Å². The van der Waals surface area contributed by atoms with Gasteiger partial charge in [-0.15, -0.1) is 0 Å². The fourth-order valence-electron chi connectivity index (χ4n) is 2.25. The van der Waals surface area contributed by atoms with Crippen LogP contribution in [0.3, 0.4) is 0 Å². The van der Waals surface area contributed by atoms with Gasteiger partial charge in [-0.2, -0.15) is 11.8 Å². The van der Waals surface area contributed by atoms with Crippen molar-refractivity contribution in [1.29, 1.82) is 0 Å². The number of nitrogens with two attached hydrogens (primary N) is 1. The van der Waals surface area contributed by atoms with E-state index in [1.165, 1.54) is 6.26 Å². The summed E-state index contributed by atoms with van der Waals surface area (Å²) in [5, 5.41) is 0.0419. The monoisotopic (exact) mass is 334 g/mol. The molecule has 2 atom stereocenters. The molecule has 1 heterocycles. The Hall–Kier alpha value is -0.430. The predicted octanol–water partition coefficient (Wildman–Crippen LogP) is 2.28. The summed E-state index contributed by atoms with van der Waals surface area (Å²) in [5.41, 5.74) is 7.55. The second kappa shape index (κ2) is 6.13. The molecule has 1 fully saturated rings. The number of hydrogen-bond donors (Lipinski definition) is 1. The van der Waals surface area contributed by atoms with Crippen molar-refractivity contribution in [3.63, 3.8) is 0 Å². The normalized spacial score (nSPS) is 21.8. The highest BCUT2D eigenvalue weighted by atomic mass is 35.5. The topological polar surface area (TPSA) is 63.4 Å². The summed E-state index contributed by atoms with van der Waals surface area (Å²) in [6.45, 7) is 2.57. The highest BCUT2D eigenvalue weighted by Crippen LogP contribution is 2.33. The lowest BCUT2D eigenvalue weighted by molar-refractivity contribution is 0.584. The minimum Gasteiger partial charge on any atom is -0.352 e. The van der Waals surface area contributed by atoms with Crippen LogP contribution in [0.25, 0.3) is 0 Å². The Morgan fingerprint density at radius 2 is 2.20 bits per heavy atom. The first-order valence-corrected chi connectivity index (χ1v) is 9.87. The smallest absolute Gasteiger partial charge is 0.169 e. The Morgan fingerprint density at radius 1 is 1.50 bits per heavy atom. The second-order valence-electron chi connectivity index (χ2n) is 5.05. The Morgan fingerprint density at radius 3 is 2.75 bits per heavy atom. The molecule has 1 saturated heterocycles. The SMILES string of the molecule is C[C@@H](N)c1ccc(N2CCSCC2S(C)(=O)=O)c(Cl)c1. The lowest BCUT2D eigenvalue weighted by atomic mass is 10.1. The molecule has 7 heteroatoms. The van der Waals surface area contributed by atoms with Crippen molar-refractivity contribution in [3.8, 4) is 0 Å². The number of thioether (sulfide) groups is 1. The zero-order valence-corrected chi connectivity index (χ0v) is 13.9. The number of nitrogens with zero attached hydrogens (tertiary/aromatic N) is 1. The first-order valence-electron chi connectivity index (χ1n) is 6.39. The Balaban J connectivity index is 2.38. The maximum absolute atomic E-state index is 11.9. The van der Waals surface area contributed by atoms with Gasteiger partial charge in [-0.3, -0.25) is 0 Å². The zero-order chi connectivity index (χ0) is 14.9. The molecule has 112 valence electrons. The molecule has 1 aromatic rings. The summed E-state index contributed by atoms with van der Waals surface area (Å²) in [6.07, 6.45) is 1.28. The third kappa shape index (κ3) is 3.42. The van der Waals surface area contributed by atoms with Crippen LogP contribution in [-0.4, -0.2) is 38.1 Å². The molecule has 2 rings (SSSR count). The van der Waals surface area contributed by atoms with Gasteiger partial charge in [0.05, 0.1) is 10.7 Å². The van der Waals surface area contributed by atoms with Gasteiger partial charge < -0.3 is 10.6 Å². The summed E-state index contributed by atoms with van der Waals surface area (Å²) < 4.78 is 23.9. The van der Waals surface area contributed by atoms with Gasteiger partial charge in [-0.05, 0) is 24.6 Å². The summed E-state index contributed by atoms with van der Waals surface area (Å²) >= 11 is 7.98. The molecular formula is C13H19ClN2O2S2. The van der Waals surface area contributed by atoms with Crippen LogP contribution >= 0.6 is 23.4 Å². The zero-order valence-electron chi connectivity index (χ0n) is 11.5. The molecule has 4 nitrogen and oxygen atoms in total. The molecule has 1 aromatic carbocycles. The van der Waals surface area contributed by atoms with E-state index >= 15 is 0 Å². The van der Waals surface area contributed by atoms with E-state index in [0.29, 0.717) is 17.3 Å². The fraction of sp³-hybridized carbons (Fsp3) is 0.538. The molecule has 1 aliphatic rings. The van der Waals surface area contributed by atoms with Gasteiger partial charge >= 0.3 is 0 Å². The highest BCUT2D eigenvalue weighted by molar-refractivity contribution is 8.01. The van der Waals surface area contributed by atoms with E-state index in [4.69, 9.17) is 17.3 Å². The predicted molar refractivity (Wildman–Crippen MR) is 87.4 cm³/mol. The van der Waals surface area contributed by atoms with Gasteiger partial charge in [0.15, 0.2) is 9.84 Å². The largest absolute Gasteiger partial charge is 0.352 e. The Bertz CT molecular complexity index is 590. The third-order valence-electron chi connectivity index (χ3n) is 3.39. The lowest BCUT2D eigenvalue weighted by Gasteiger charge is -2.36. The van der Waals surface area contributed by atoms with Crippen LogP contribution < -0.4 is 10.6 Å². The van der Waals surface area contributed by atoms with Gasteiger partial charge in [0.2, 0.25) is 0 Å². The standard InChI is InChI=1S/C13H19ClN2O2S2/c1-9(15)10-3-4-12(11(14)7-10)16-5-6-19-8-13(16)20(2,17)18/h3-4,7,9,13H,5-6,8,15H2,1-2H3/t9-,13?/m1/s1.